The van der Waals surface area contributed by atoms with Crippen molar-refractivity contribution in [1.82, 2.24) is 14.9 Å². The monoisotopic (exact) mass is 386 g/mol. The van der Waals surface area contributed by atoms with Crippen LogP contribution in [0.5, 0.6) is 0 Å². The van der Waals surface area contributed by atoms with Crippen molar-refractivity contribution in [3.8, 4) is 11.4 Å². The van der Waals surface area contributed by atoms with Gasteiger partial charge in [0.15, 0.2) is 5.82 Å². The minimum absolute atomic E-state index is 0.0570. The molecule has 3 aromatic rings. The second-order valence-electron chi connectivity index (χ2n) is 7.71. The van der Waals surface area contributed by atoms with Gasteiger partial charge in [-0.2, -0.15) is 0 Å². The van der Waals surface area contributed by atoms with E-state index >= 15 is 0 Å². The third kappa shape index (κ3) is 3.86. The van der Waals surface area contributed by atoms with Gasteiger partial charge in [0.2, 0.25) is 0 Å². The molecule has 0 saturated carbocycles. The average Bonchev–Trinajstić information content (AvgIpc) is 2.78. The average molecular weight is 386 g/mol. The van der Waals surface area contributed by atoms with Gasteiger partial charge in [0.05, 0.1) is 12.2 Å². The van der Waals surface area contributed by atoms with Crippen molar-refractivity contribution in [1.29, 1.82) is 0 Å². The third-order valence-corrected chi connectivity index (χ3v) is 5.49. The minimum atomic E-state index is 0.0570. The summed E-state index contributed by atoms with van der Waals surface area (Å²) in [4.78, 5) is 26.9. The van der Waals surface area contributed by atoms with Crippen LogP contribution in [0.1, 0.15) is 35.5 Å². The molecule has 1 aliphatic rings. The van der Waals surface area contributed by atoms with Gasteiger partial charge in [-0.3, -0.25) is 4.79 Å². The van der Waals surface area contributed by atoms with Gasteiger partial charge in [-0.25, -0.2) is 9.97 Å². The number of carbonyl (C=O) groups excluding carboxylic acids is 1. The Morgan fingerprint density at radius 1 is 1.00 bits per heavy atom. The zero-order valence-electron chi connectivity index (χ0n) is 17.2. The number of hydrogen-bond acceptors (Lipinski definition) is 4. The molecule has 0 fully saturated rings. The fourth-order valence-corrected chi connectivity index (χ4v) is 3.59. The predicted molar refractivity (Wildman–Crippen MR) is 116 cm³/mol. The first-order valence-corrected chi connectivity index (χ1v) is 10.1. The standard InChI is InChI=1S/C24H26N4O/c1-17(2)27(3)23-20-16-28(24(29)19-12-8-5-9-13-19)15-14-21(20)25-22(26-23)18-10-6-4-7-11-18/h4-13,17H,14-16H2,1-3H3. The van der Waals surface area contributed by atoms with Crippen LogP contribution in [0, 0.1) is 0 Å². The summed E-state index contributed by atoms with van der Waals surface area (Å²) in [6, 6.07) is 19.8. The maximum Gasteiger partial charge on any atom is 0.254 e. The molecule has 0 aliphatic carbocycles. The number of fused-ring (bicyclic) bond motifs is 1. The summed E-state index contributed by atoms with van der Waals surface area (Å²) in [5.74, 6) is 1.71. The molecule has 2 aromatic carbocycles. The highest BCUT2D eigenvalue weighted by Gasteiger charge is 2.28. The lowest BCUT2D eigenvalue weighted by Gasteiger charge is -2.33. The van der Waals surface area contributed by atoms with E-state index in [2.05, 4.69) is 25.8 Å². The zero-order valence-corrected chi connectivity index (χ0v) is 17.2. The van der Waals surface area contributed by atoms with Crippen LogP contribution >= 0.6 is 0 Å². The number of nitrogens with zero attached hydrogens (tertiary/aromatic N) is 4. The van der Waals surface area contributed by atoms with Crippen molar-refractivity contribution in [2.75, 3.05) is 18.5 Å². The first kappa shape index (κ1) is 19.1. The lowest BCUT2D eigenvalue weighted by atomic mass is 10.0. The summed E-state index contributed by atoms with van der Waals surface area (Å²) >= 11 is 0. The molecule has 0 unspecified atom stereocenters. The highest BCUT2D eigenvalue weighted by Crippen LogP contribution is 2.30. The summed E-state index contributed by atoms with van der Waals surface area (Å²) in [6.07, 6.45) is 0.731. The van der Waals surface area contributed by atoms with Gasteiger partial charge in [-0.15, -0.1) is 0 Å². The Kier molecular flexibility index (Phi) is 5.30. The van der Waals surface area contributed by atoms with Crippen LogP contribution in [0.25, 0.3) is 11.4 Å². The van der Waals surface area contributed by atoms with Crippen molar-refractivity contribution < 1.29 is 4.79 Å². The molecule has 0 saturated heterocycles. The van der Waals surface area contributed by atoms with E-state index in [1.165, 1.54) is 0 Å². The fraction of sp³-hybridized carbons (Fsp3) is 0.292. The number of hydrogen-bond donors (Lipinski definition) is 0. The quantitative estimate of drug-likeness (QED) is 0.675. The number of benzene rings is 2. The minimum Gasteiger partial charge on any atom is -0.357 e. The lowest BCUT2D eigenvalue weighted by Crippen LogP contribution is -2.38. The van der Waals surface area contributed by atoms with Gasteiger partial charge in [0, 0.05) is 42.7 Å². The van der Waals surface area contributed by atoms with Crippen LogP contribution in [-0.4, -0.2) is 40.4 Å². The normalized spacial score (nSPS) is 13.3. The van der Waals surface area contributed by atoms with E-state index in [0.717, 1.165) is 40.4 Å². The molecule has 0 N–H and O–H groups in total. The lowest BCUT2D eigenvalue weighted by molar-refractivity contribution is 0.0733. The Labute approximate surface area is 172 Å². The Morgan fingerprint density at radius 2 is 1.66 bits per heavy atom. The third-order valence-electron chi connectivity index (χ3n) is 5.49. The first-order valence-electron chi connectivity index (χ1n) is 10.1. The van der Waals surface area contributed by atoms with Crippen molar-refractivity contribution in [2.24, 2.45) is 0 Å². The molecule has 5 nitrogen and oxygen atoms in total. The Balaban J connectivity index is 1.73. The maximum absolute atomic E-state index is 13.0. The Morgan fingerprint density at radius 3 is 2.31 bits per heavy atom. The number of amides is 1. The maximum atomic E-state index is 13.0. The second-order valence-corrected chi connectivity index (χ2v) is 7.71. The van der Waals surface area contributed by atoms with Crippen LogP contribution in [0.3, 0.4) is 0 Å². The van der Waals surface area contributed by atoms with E-state index < -0.39 is 0 Å². The molecule has 2 heterocycles. The highest BCUT2D eigenvalue weighted by molar-refractivity contribution is 5.94. The van der Waals surface area contributed by atoms with Crippen LogP contribution in [-0.2, 0) is 13.0 Å². The molecule has 1 amide bonds. The molecule has 0 bridgehead atoms. The van der Waals surface area contributed by atoms with Gasteiger partial charge >= 0.3 is 0 Å². The van der Waals surface area contributed by atoms with E-state index in [1.54, 1.807) is 0 Å². The summed E-state index contributed by atoms with van der Waals surface area (Å²) in [5, 5.41) is 0. The van der Waals surface area contributed by atoms with Gasteiger partial charge in [-0.05, 0) is 26.0 Å². The highest BCUT2D eigenvalue weighted by atomic mass is 16.2. The number of carbonyl (C=O) groups is 1. The van der Waals surface area contributed by atoms with Crippen LogP contribution < -0.4 is 4.90 Å². The van der Waals surface area contributed by atoms with Gasteiger partial charge in [-0.1, -0.05) is 48.5 Å². The molecule has 4 rings (SSSR count). The van der Waals surface area contributed by atoms with Crippen LogP contribution in [0.2, 0.25) is 0 Å². The molecule has 29 heavy (non-hydrogen) atoms. The number of anilines is 1. The van der Waals surface area contributed by atoms with E-state index in [9.17, 15) is 4.79 Å². The van der Waals surface area contributed by atoms with Crippen molar-refractivity contribution in [2.45, 2.75) is 32.9 Å². The van der Waals surface area contributed by atoms with E-state index in [0.29, 0.717) is 13.1 Å². The van der Waals surface area contributed by atoms with Crippen molar-refractivity contribution in [3.05, 3.63) is 77.5 Å². The predicted octanol–water partition coefficient (Wildman–Crippen LogP) is 4.19. The van der Waals surface area contributed by atoms with E-state index in [4.69, 9.17) is 9.97 Å². The zero-order chi connectivity index (χ0) is 20.4. The summed E-state index contributed by atoms with van der Waals surface area (Å²) in [5.41, 5.74) is 3.82. The molecule has 5 heteroatoms. The summed E-state index contributed by atoms with van der Waals surface area (Å²) in [7, 11) is 2.06. The molecular weight excluding hydrogens is 360 g/mol. The van der Waals surface area contributed by atoms with Gasteiger partial charge in [0.1, 0.15) is 5.82 Å². The van der Waals surface area contributed by atoms with E-state index in [1.807, 2.05) is 65.6 Å². The van der Waals surface area contributed by atoms with Gasteiger partial charge in [0.25, 0.3) is 5.91 Å². The van der Waals surface area contributed by atoms with Crippen molar-refractivity contribution >= 4 is 11.7 Å². The molecule has 148 valence electrons. The smallest absolute Gasteiger partial charge is 0.254 e. The molecule has 1 aromatic heterocycles. The second kappa shape index (κ2) is 8.03. The number of rotatable bonds is 4. The molecular formula is C24H26N4O. The first-order chi connectivity index (χ1) is 14.0. The Hall–Kier alpha value is -3.21. The SMILES string of the molecule is CC(C)N(C)c1nc(-c2ccccc2)nc2c1CN(C(=O)c1ccccc1)CC2. The fourth-order valence-electron chi connectivity index (χ4n) is 3.59. The van der Waals surface area contributed by atoms with E-state index in [-0.39, 0.29) is 11.9 Å². The molecule has 0 spiro atoms. The van der Waals surface area contributed by atoms with Crippen LogP contribution in [0.4, 0.5) is 5.82 Å². The molecule has 0 atom stereocenters. The van der Waals surface area contributed by atoms with Crippen LogP contribution in [0.15, 0.2) is 60.7 Å². The molecule has 0 radical (unpaired) electrons. The number of aromatic nitrogens is 2. The molecule has 1 aliphatic heterocycles. The largest absolute Gasteiger partial charge is 0.357 e. The Bertz CT molecular complexity index is 1000. The topological polar surface area (TPSA) is 49.3 Å². The van der Waals surface area contributed by atoms with Gasteiger partial charge < -0.3 is 9.80 Å². The summed E-state index contributed by atoms with van der Waals surface area (Å²) < 4.78 is 0. The summed E-state index contributed by atoms with van der Waals surface area (Å²) in [6.45, 7) is 5.49. The van der Waals surface area contributed by atoms with Crippen molar-refractivity contribution in [3.63, 3.8) is 0 Å².